The van der Waals surface area contributed by atoms with Crippen LogP contribution in [0.25, 0.3) is 0 Å². The first kappa shape index (κ1) is 19.0. The molecule has 0 atom stereocenters. The largest absolute Gasteiger partial charge is 0.493 e. The van der Waals surface area contributed by atoms with Gasteiger partial charge >= 0.3 is 0 Å². The van der Waals surface area contributed by atoms with Crippen LogP contribution in [0.15, 0.2) is 52.7 Å². The molecule has 2 rings (SSSR count). The first-order valence-electron chi connectivity index (χ1n) is 7.12. The van der Waals surface area contributed by atoms with Crippen molar-refractivity contribution in [1.82, 2.24) is 10.4 Å². The van der Waals surface area contributed by atoms with E-state index in [9.17, 15) is 4.79 Å². The number of rotatable bonds is 7. The number of halogens is 2. The molecule has 0 unspecified atom stereocenters. The number of hydrazone groups is 1. The summed E-state index contributed by atoms with van der Waals surface area (Å²) in [4.78, 5) is 15.8. The van der Waals surface area contributed by atoms with Gasteiger partial charge in [0.1, 0.15) is 11.8 Å². The SMILES string of the molecule is C=CCOc1c(Br)cc(C=NNC(=O)c2cccnc2Cl)cc1OC. The average Bonchev–Trinajstić information content (AvgIpc) is 2.60. The van der Waals surface area contributed by atoms with Crippen LogP contribution in [0.1, 0.15) is 15.9 Å². The Kier molecular flexibility index (Phi) is 6.97. The molecule has 1 N–H and O–H groups in total. The van der Waals surface area contributed by atoms with E-state index >= 15 is 0 Å². The van der Waals surface area contributed by atoms with Crippen molar-refractivity contribution in [2.24, 2.45) is 5.10 Å². The first-order chi connectivity index (χ1) is 12.1. The van der Waals surface area contributed by atoms with E-state index in [-0.39, 0.29) is 10.7 Å². The fraction of sp³-hybridized carbons (Fsp3) is 0.118. The van der Waals surface area contributed by atoms with Crippen molar-refractivity contribution in [2.45, 2.75) is 0 Å². The number of aromatic nitrogens is 1. The van der Waals surface area contributed by atoms with Gasteiger partial charge in [0.05, 0.1) is 23.4 Å². The maximum absolute atomic E-state index is 12.0. The second-order valence-corrected chi connectivity index (χ2v) is 5.89. The topological polar surface area (TPSA) is 72.8 Å². The van der Waals surface area contributed by atoms with E-state index in [0.29, 0.717) is 28.1 Å². The normalized spacial score (nSPS) is 10.5. The predicted molar refractivity (Wildman–Crippen MR) is 101 cm³/mol. The number of ether oxygens (including phenoxy) is 2. The number of carbonyl (C=O) groups excluding carboxylic acids is 1. The maximum atomic E-state index is 12.0. The summed E-state index contributed by atoms with van der Waals surface area (Å²) in [5, 5.41) is 4.04. The summed E-state index contributed by atoms with van der Waals surface area (Å²) in [6.45, 7) is 3.96. The van der Waals surface area contributed by atoms with Crippen LogP contribution in [0.5, 0.6) is 11.5 Å². The number of methoxy groups -OCH3 is 1. The van der Waals surface area contributed by atoms with E-state index in [1.165, 1.54) is 19.5 Å². The predicted octanol–water partition coefficient (Wildman–Crippen LogP) is 3.83. The molecule has 8 heteroatoms. The highest BCUT2D eigenvalue weighted by molar-refractivity contribution is 9.10. The third-order valence-electron chi connectivity index (χ3n) is 2.98. The van der Waals surface area contributed by atoms with Gasteiger partial charge in [-0.15, -0.1) is 0 Å². The number of hydrogen-bond acceptors (Lipinski definition) is 5. The summed E-state index contributed by atoms with van der Waals surface area (Å²) in [6.07, 6.45) is 4.62. The number of nitrogens with one attached hydrogen (secondary N) is 1. The van der Waals surface area contributed by atoms with Crippen molar-refractivity contribution >= 4 is 39.7 Å². The van der Waals surface area contributed by atoms with Gasteiger partial charge in [0.25, 0.3) is 5.91 Å². The molecule has 6 nitrogen and oxygen atoms in total. The van der Waals surface area contributed by atoms with E-state index < -0.39 is 5.91 Å². The van der Waals surface area contributed by atoms with Gasteiger partial charge < -0.3 is 9.47 Å². The number of carbonyl (C=O) groups is 1. The van der Waals surface area contributed by atoms with Gasteiger partial charge in [-0.25, -0.2) is 10.4 Å². The Labute approximate surface area is 158 Å². The van der Waals surface area contributed by atoms with Crippen molar-refractivity contribution in [3.8, 4) is 11.5 Å². The lowest BCUT2D eigenvalue weighted by Gasteiger charge is -2.12. The summed E-state index contributed by atoms with van der Waals surface area (Å²) in [5.74, 6) is 0.636. The highest BCUT2D eigenvalue weighted by Gasteiger charge is 2.11. The van der Waals surface area contributed by atoms with E-state index in [0.717, 1.165) is 0 Å². The Morgan fingerprint density at radius 1 is 1.52 bits per heavy atom. The number of pyridine rings is 1. The number of nitrogens with zero attached hydrogens (tertiary/aromatic N) is 2. The Hall–Kier alpha value is -2.38. The quantitative estimate of drug-likeness (QED) is 0.317. The number of hydrogen-bond donors (Lipinski definition) is 1. The standard InChI is InChI=1S/C17H15BrClN3O3/c1-3-7-25-15-13(18)8-11(9-14(15)24-2)10-21-22-17(23)12-5-4-6-20-16(12)19/h3-6,8-10H,1,7H2,2H3,(H,22,23). The molecule has 2 aromatic rings. The summed E-state index contributed by atoms with van der Waals surface area (Å²) in [5.41, 5.74) is 3.34. The van der Waals surface area contributed by atoms with E-state index in [2.05, 4.69) is 38.0 Å². The van der Waals surface area contributed by atoms with Gasteiger partial charge in [0, 0.05) is 6.20 Å². The molecule has 130 valence electrons. The molecule has 1 aromatic carbocycles. The van der Waals surface area contributed by atoms with Crippen LogP contribution in [0.2, 0.25) is 5.15 Å². The third-order valence-corrected chi connectivity index (χ3v) is 3.87. The minimum absolute atomic E-state index is 0.114. The molecule has 0 saturated carbocycles. The Balaban J connectivity index is 2.13. The number of benzene rings is 1. The highest BCUT2D eigenvalue weighted by Crippen LogP contribution is 2.36. The molecular formula is C17H15BrClN3O3. The molecule has 0 aliphatic rings. The van der Waals surface area contributed by atoms with Crippen LogP contribution in [-0.2, 0) is 0 Å². The van der Waals surface area contributed by atoms with Gasteiger partial charge in [-0.05, 0) is 45.8 Å². The third kappa shape index (κ3) is 5.04. The average molecular weight is 425 g/mol. The molecule has 0 aliphatic carbocycles. The van der Waals surface area contributed by atoms with Crippen molar-refractivity contribution in [2.75, 3.05) is 13.7 Å². The summed E-state index contributed by atoms with van der Waals surface area (Å²) >= 11 is 9.29. The lowest BCUT2D eigenvalue weighted by atomic mass is 10.2. The summed E-state index contributed by atoms with van der Waals surface area (Å²) in [6, 6.07) is 6.70. The van der Waals surface area contributed by atoms with Gasteiger partial charge in [-0.3, -0.25) is 4.79 Å². The second-order valence-electron chi connectivity index (χ2n) is 4.67. The van der Waals surface area contributed by atoms with Crippen molar-refractivity contribution in [3.05, 3.63) is 63.9 Å². The van der Waals surface area contributed by atoms with Crippen LogP contribution < -0.4 is 14.9 Å². The van der Waals surface area contributed by atoms with Crippen LogP contribution >= 0.6 is 27.5 Å². The van der Waals surface area contributed by atoms with Crippen LogP contribution in [-0.4, -0.2) is 30.8 Å². The molecule has 25 heavy (non-hydrogen) atoms. The molecular weight excluding hydrogens is 410 g/mol. The van der Waals surface area contributed by atoms with Crippen LogP contribution in [0, 0.1) is 0 Å². The fourth-order valence-electron chi connectivity index (χ4n) is 1.88. The molecule has 1 amide bonds. The van der Waals surface area contributed by atoms with Crippen LogP contribution in [0.3, 0.4) is 0 Å². The lowest BCUT2D eigenvalue weighted by Crippen LogP contribution is -2.18. The monoisotopic (exact) mass is 423 g/mol. The van der Waals surface area contributed by atoms with Crippen molar-refractivity contribution in [3.63, 3.8) is 0 Å². The second kappa shape index (κ2) is 9.19. The van der Waals surface area contributed by atoms with E-state index in [4.69, 9.17) is 21.1 Å². The first-order valence-corrected chi connectivity index (χ1v) is 8.29. The molecule has 1 aromatic heterocycles. The summed E-state index contributed by atoms with van der Waals surface area (Å²) in [7, 11) is 1.54. The molecule has 0 bridgehead atoms. The van der Waals surface area contributed by atoms with Crippen molar-refractivity contribution < 1.29 is 14.3 Å². The minimum Gasteiger partial charge on any atom is -0.493 e. The van der Waals surface area contributed by atoms with E-state index in [1.807, 2.05) is 0 Å². The lowest BCUT2D eigenvalue weighted by molar-refractivity contribution is 0.0955. The fourth-order valence-corrected chi connectivity index (χ4v) is 2.66. The van der Waals surface area contributed by atoms with Gasteiger partial charge in [-0.2, -0.15) is 5.10 Å². The van der Waals surface area contributed by atoms with Gasteiger partial charge in [0.15, 0.2) is 11.5 Å². The Morgan fingerprint density at radius 3 is 3.00 bits per heavy atom. The van der Waals surface area contributed by atoms with Gasteiger partial charge in [-0.1, -0.05) is 24.3 Å². The van der Waals surface area contributed by atoms with Crippen LogP contribution in [0.4, 0.5) is 0 Å². The zero-order valence-corrected chi connectivity index (χ0v) is 15.7. The Bertz CT molecular complexity index is 812. The minimum atomic E-state index is -0.452. The van der Waals surface area contributed by atoms with Gasteiger partial charge in [0.2, 0.25) is 0 Å². The molecule has 0 saturated heterocycles. The molecule has 0 spiro atoms. The Morgan fingerprint density at radius 2 is 2.32 bits per heavy atom. The van der Waals surface area contributed by atoms with Crippen molar-refractivity contribution in [1.29, 1.82) is 0 Å². The molecule has 0 aliphatic heterocycles. The highest BCUT2D eigenvalue weighted by atomic mass is 79.9. The smallest absolute Gasteiger partial charge is 0.274 e. The molecule has 1 heterocycles. The number of amides is 1. The molecule has 0 radical (unpaired) electrons. The molecule has 0 fully saturated rings. The zero-order valence-electron chi connectivity index (χ0n) is 13.3. The zero-order chi connectivity index (χ0) is 18.2. The maximum Gasteiger partial charge on any atom is 0.274 e. The van der Waals surface area contributed by atoms with E-state index in [1.54, 1.807) is 30.3 Å². The summed E-state index contributed by atoms with van der Waals surface area (Å²) < 4.78 is 11.6.